The molecule has 2 amide bonds. The summed E-state index contributed by atoms with van der Waals surface area (Å²) in [5.41, 5.74) is 3.46. The Morgan fingerprint density at radius 2 is 1.73 bits per heavy atom. The summed E-state index contributed by atoms with van der Waals surface area (Å²) in [6.45, 7) is 1.86. The van der Waals surface area contributed by atoms with E-state index in [1.807, 2.05) is 55.5 Å². The quantitative estimate of drug-likeness (QED) is 0.271. The van der Waals surface area contributed by atoms with Crippen LogP contribution in [0.2, 0.25) is 0 Å². The minimum Gasteiger partial charge on any atom is -0.508 e. The van der Waals surface area contributed by atoms with Gasteiger partial charge in [0.1, 0.15) is 18.1 Å². The van der Waals surface area contributed by atoms with Crippen LogP contribution >= 0.6 is 0 Å². The first-order valence-corrected chi connectivity index (χ1v) is 14.9. The molecular formula is C34H41NO6. The van der Waals surface area contributed by atoms with Gasteiger partial charge >= 0.3 is 0 Å². The Morgan fingerprint density at radius 3 is 2.41 bits per heavy atom. The number of fused-ring (bicyclic) bond motifs is 1. The summed E-state index contributed by atoms with van der Waals surface area (Å²) in [6, 6.07) is 16.3. The summed E-state index contributed by atoms with van der Waals surface area (Å²) in [7, 11) is 0. The van der Waals surface area contributed by atoms with Crippen molar-refractivity contribution in [3.05, 3.63) is 76.9 Å². The maximum atomic E-state index is 13.8. The first-order valence-electron chi connectivity index (χ1n) is 14.9. The van der Waals surface area contributed by atoms with E-state index in [1.165, 1.54) is 4.90 Å². The molecule has 3 N–H and O–H groups in total. The summed E-state index contributed by atoms with van der Waals surface area (Å²) in [5, 5.41) is 31.8. The third-order valence-electron chi connectivity index (χ3n) is 8.99. The van der Waals surface area contributed by atoms with Gasteiger partial charge in [-0.1, -0.05) is 61.2 Å². The lowest BCUT2D eigenvalue weighted by Gasteiger charge is -2.36. The Kier molecular flexibility index (Phi) is 9.25. The second-order valence-electron chi connectivity index (χ2n) is 11.8. The van der Waals surface area contributed by atoms with Gasteiger partial charge in [-0.3, -0.25) is 14.5 Å². The number of amides is 2. The van der Waals surface area contributed by atoms with Crippen LogP contribution in [-0.2, 0) is 9.59 Å². The molecule has 1 saturated carbocycles. The Balaban J connectivity index is 1.40. The largest absolute Gasteiger partial charge is 0.508 e. The summed E-state index contributed by atoms with van der Waals surface area (Å²) >= 11 is 0. The van der Waals surface area contributed by atoms with Crippen LogP contribution in [-0.4, -0.2) is 57.4 Å². The van der Waals surface area contributed by atoms with E-state index < -0.39 is 23.9 Å². The molecule has 218 valence electrons. The topological polar surface area (TPSA) is 107 Å². The highest BCUT2D eigenvalue weighted by atomic mass is 16.5. The zero-order valence-electron chi connectivity index (χ0n) is 23.7. The molecule has 7 heteroatoms. The lowest BCUT2D eigenvalue weighted by molar-refractivity contribution is -0.143. The van der Waals surface area contributed by atoms with E-state index in [0.717, 1.165) is 48.8 Å². The molecule has 2 fully saturated rings. The van der Waals surface area contributed by atoms with Crippen LogP contribution in [0.4, 0.5) is 0 Å². The Morgan fingerprint density at radius 1 is 1.02 bits per heavy atom. The zero-order chi connectivity index (χ0) is 28.9. The highest BCUT2D eigenvalue weighted by Gasteiger charge is 2.56. The highest BCUT2D eigenvalue weighted by molar-refractivity contribution is 6.06. The first-order chi connectivity index (χ1) is 19.9. The molecule has 1 heterocycles. The minimum absolute atomic E-state index is 0.0706. The van der Waals surface area contributed by atoms with Crippen molar-refractivity contribution in [1.82, 2.24) is 4.90 Å². The standard InChI is InChI=1S/C34H41NO6/c1-22(18-23-13-15-26(37)16-14-23)12-17-30(38)31-24(21-41-27-10-6-3-7-11-27)19-28-32(29(31)20-36)34(40)35(33(28)39)25-8-4-2-5-9-25/h3,6-7,10-11,13-16,18,25,28-30,32,36-38H,2,4-5,8-9,12,17,19-21H2,1H3/b22-18+/t28-,29+,30-,32-/m1/s1. The molecule has 5 rings (SSSR count). The van der Waals surface area contributed by atoms with E-state index in [0.29, 0.717) is 30.6 Å². The average Bonchev–Trinajstić information content (AvgIpc) is 3.25. The van der Waals surface area contributed by atoms with Crippen LogP contribution in [0.25, 0.3) is 6.08 Å². The Bertz CT molecular complexity index is 1280. The Labute approximate surface area is 242 Å². The molecule has 0 bridgehead atoms. The molecule has 0 radical (unpaired) electrons. The number of rotatable bonds is 10. The number of benzene rings is 2. The number of likely N-dealkylation sites (tertiary alicyclic amines) is 1. The summed E-state index contributed by atoms with van der Waals surface area (Å²) in [4.78, 5) is 29.0. The number of hydrogen-bond acceptors (Lipinski definition) is 6. The second kappa shape index (κ2) is 13.0. The van der Waals surface area contributed by atoms with Crippen molar-refractivity contribution in [3.8, 4) is 11.5 Å². The number of imide groups is 1. The second-order valence-corrected chi connectivity index (χ2v) is 11.8. The summed E-state index contributed by atoms with van der Waals surface area (Å²) in [5.74, 6) is -1.27. The normalized spacial score (nSPS) is 24.5. The molecule has 1 aliphatic heterocycles. The number of ether oxygens (including phenoxy) is 1. The van der Waals surface area contributed by atoms with E-state index in [4.69, 9.17) is 4.74 Å². The van der Waals surface area contributed by atoms with Gasteiger partial charge in [0.05, 0.1) is 24.5 Å². The molecule has 0 aromatic heterocycles. The molecule has 0 unspecified atom stereocenters. The molecule has 2 aliphatic carbocycles. The van der Waals surface area contributed by atoms with Gasteiger partial charge in [0.15, 0.2) is 0 Å². The van der Waals surface area contributed by atoms with E-state index in [2.05, 4.69) is 0 Å². The van der Waals surface area contributed by atoms with Gasteiger partial charge in [-0.25, -0.2) is 0 Å². The van der Waals surface area contributed by atoms with Gasteiger partial charge < -0.3 is 20.1 Å². The number of para-hydroxylation sites is 1. The SMILES string of the molecule is C/C(=C\c1ccc(O)cc1)CC[C@@H](O)C1=C(COc2ccccc2)C[C@H]2C(=O)N(C3CCCCC3)C(=O)[C@H]2[C@H]1CO. The number of carbonyl (C=O) groups excluding carboxylic acids is 2. The summed E-state index contributed by atoms with van der Waals surface area (Å²) < 4.78 is 6.09. The monoisotopic (exact) mass is 559 g/mol. The van der Waals surface area contributed by atoms with Crippen molar-refractivity contribution in [2.45, 2.75) is 70.4 Å². The fourth-order valence-electron chi connectivity index (χ4n) is 6.95. The van der Waals surface area contributed by atoms with Gasteiger partial charge in [-0.2, -0.15) is 0 Å². The van der Waals surface area contributed by atoms with E-state index in [1.54, 1.807) is 12.1 Å². The Hall–Kier alpha value is -3.42. The van der Waals surface area contributed by atoms with Gasteiger partial charge in [0, 0.05) is 12.0 Å². The van der Waals surface area contributed by atoms with Gasteiger partial charge in [0.25, 0.3) is 0 Å². The summed E-state index contributed by atoms with van der Waals surface area (Å²) in [6.07, 6.45) is 7.29. The number of carbonyl (C=O) groups is 2. The number of allylic oxidation sites excluding steroid dienone is 1. The zero-order valence-corrected chi connectivity index (χ0v) is 23.7. The van der Waals surface area contributed by atoms with Gasteiger partial charge in [-0.05, 0) is 80.0 Å². The molecule has 4 atom stereocenters. The van der Waals surface area contributed by atoms with Crippen molar-refractivity contribution in [2.24, 2.45) is 17.8 Å². The number of hydrogen-bond donors (Lipinski definition) is 3. The van der Waals surface area contributed by atoms with Crippen molar-refractivity contribution < 1.29 is 29.6 Å². The van der Waals surface area contributed by atoms with E-state index >= 15 is 0 Å². The van der Waals surface area contributed by atoms with Gasteiger partial charge in [0.2, 0.25) is 11.8 Å². The number of phenols is 1. The van der Waals surface area contributed by atoms with Crippen molar-refractivity contribution in [2.75, 3.05) is 13.2 Å². The van der Waals surface area contributed by atoms with Crippen molar-refractivity contribution in [3.63, 3.8) is 0 Å². The fourth-order valence-corrected chi connectivity index (χ4v) is 6.95. The number of aliphatic hydroxyl groups excluding tert-OH is 2. The number of nitrogens with zero attached hydrogens (tertiary/aromatic N) is 1. The van der Waals surface area contributed by atoms with Crippen molar-refractivity contribution >= 4 is 17.9 Å². The lowest BCUT2D eigenvalue weighted by Crippen LogP contribution is -2.42. The van der Waals surface area contributed by atoms with Crippen LogP contribution in [0, 0.1) is 17.8 Å². The minimum atomic E-state index is -0.891. The third kappa shape index (κ3) is 6.41. The lowest BCUT2D eigenvalue weighted by atomic mass is 9.68. The maximum absolute atomic E-state index is 13.8. The van der Waals surface area contributed by atoms with Crippen LogP contribution < -0.4 is 4.74 Å². The third-order valence-corrected chi connectivity index (χ3v) is 8.99. The van der Waals surface area contributed by atoms with E-state index in [9.17, 15) is 24.9 Å². The molecule has 2 aromatic rings. The van der Waals surface area contributed by atoms with E-state index in [-0.39, 0.29) is 36.8 Å². The first kappa shape index (κ1) is 29.1. The molecule has 3 aliphatic rings. The highest BCUT2D eigenvalue weighted by Crippen LogP contribution is 2.47. The molecule has 1 saturated heterocycles. The van der Waals surface area contributed by atoms with Crippen LogP contribution in [0.3, 0.4) is 0 Å². The average molecular weight is 560 g/mol. The number of aliphatic hydroxyl groups is 2. The molecule has 0 spiro atoms. The molecule has 41 heavy (non-hydrogen) atoms. The van der Waals surface area contributed by atoms with Crippen LogP contribution in [0.1, 0.15) is 63.9 Å². The fraction of sp³-hybridized carbons (Fsp3) is 0.471. The number of aromatic hydroxyl groups is 1. The maximum Gasteiger partial charge on any atom is 0.234 e. The molecule has 7 nitrogen and oxygen atoms in total. The predicted molar refractivity (Wildman–Crippen MR) is 157 cm³/mol. The smallest absolute Gasteiger partial charge is 0.234 e. The van der Waals surface area contributed by atoms with Crippen LogP contribution in [0.5, 0.6) is 11.5 Å². The van der Waals surface area contributed by atoms with Crippen LogP contribution in [0.15, 0.2) is 71.3 Å². The molecule has 2 aromatic carbocycles. The molecular weight excluding hydrogens is 518 g/mol. The van der Waals surface area contributed by atoms with Gasteiger partial charge in [-0.15, -0.1) is 0 Å². The number of phenolic OH excluding ortho intramolecular Hbond substituents is 1. The van der Waals surface area contributed by atoms with Crippen molar-refractivity contribution in [1.29, 1.82) is 0 Å². The predicted octanol–water partition coefficient (Wildman–Crippen LogP) is 5.26.